The largest absolute Gasteiger partial charge is 0.279 e. The molecule has 0 aliphatic rings. The van der Waals surface area contributed by atoms with Crippen LogP contribution in [0.1, 0.15) is 5.56 Å². The molecule has 2 aromatic rings. The number of benzene rings is 2. The van der Waals surface area contributed by atoms with Gasteiger partial charge in [0.1, 0.15) is 11.6 Å². The van der Waals surface area contributed by atoms with Crippen LogP contribution in [-0.4, -0.2) is 35.2 Å². The fraction of sp³-hybridized carbons (Fsp3) is 0.200. The first-order valence-electron chi connectivity index (χ1n) is 6.97. The highest BCUT2D eigenvalue weighted by Gasteiger charge is 2.25. The zero-order chi connectivity index (χ0) is 19.0. The summed E-state index contributed by atoms with van der Waals surface area (Å²) in [4.78, 5) is -1.29. The van der Waals surface area contributed by atoms with E-state index in [0.717, 1.165) is 28.6 Å². The molecule has 0 aliphatic carbocycles. The highest BCUT2D eigenvalue weighted by atomic mass is 32.2. The van der Waals surface area contributed by atoms with Crippen LogP contribution in [0.5, 0.6) is 0 Å². The lowest BCUT2D eigenvalue weighted by Crippen LogP contribution is -2.23. The summed E-state index contributed by atoms with van der Waals surface area (Å²) < 4.78 is 79.5. The third-order valence-corrected chi connectivity index (χ3v) is 6.65. The highest BCUT2D eigenvalue weighted by molar-refractivity contribution is 7.92. The number of halogens is 2. The van der Waals surface area contributed by atoms with Crippen LogP contribution in [0, 0.1) is 18.6 Å². The van der Waals surface area contributed by atoms with Crippen LogP contribution in [-0.2, 0) is 20.0 Å². The molecule has 0 fully saturated rings. The Balaban J connectivity index is 2.54. The Bertz CT molecular complexity index is 1000. The van der Waals surface area contributed by atoms with E-state index >= 15 is 0 Å². The van der Waals surface area contributed by atoms with Crippen molar-refractivity contribution in [3.05, 3.63) is 53.6 Å². The van der Waals surface area contributed by atoms with E-state index < -0.39 is 36.6 Å². The van der Waals surface area contributed by atoms with Crippen molar-refractivity contribution in [2.75, 3.05) is 18.8 Å². The molecule has 0 bridgehead atoms. The second kappa shape index (κ2) is 6.70. The van der Waals surface area contributed by atoms with Gasteiger partial charge in [-0.1, -0.05) is 12.1 Å². The Morgan fingerprint density at radius 1 is 0.960 bits per heavy atom. The van der Waals surface area contributed by atoms with E-state index in [2.05, 4.69) is 0 Å². The minimum Gasteiger partial charge on any atom is -0.279 e. The maximum Gasteiger partial charge on any atom is 0.267 e. The zero-order valence-electron chi connectivity index (χ0n) is 13.6. The summed E-state index contributed by atoms with van der Waals surface area (Å²) >= 11 is 0. The number of rotatable bonds is 5. The topological polar surface area (TPSA) is 83.6 Å². The molecule has 0 aliphatic heterocycles. The van der Waals surface area contributed by atoms with Crippen LogP contribution in [0.3, 0.4) is 0 Å². The molecule has 0 saturated carbocycles. The molecule has 136 valence electrons. The Morgan fingerprint density at radius 2 is 1.52 bits per heavy atom. The second-order valence-corrected chi connectivity index (χ2v) is 9.19. The summed E-state index contributed by atoms with van der Waals surface area (Å²) in [6, 6.07) is 6.48. The van der Waals surface area contributed by atoms with Gasteiger partial charge in [0.2, 0.25) is 10.0 Å². The quantitative estimate of drug-likeness (QED) is 0.849. The molecular weight excluding hydrogens is 374 g/mol. The monoisotopic (exact) mass is 390 g/mol. The lowest BCUT2D eigenvalue weighted by molar-refractivity contribution is 0.519. The number of sulfonamides is 2. The van der Waals surface area contributed by atoms with Crippen LogP contribution >= 0.6 is 0 Å². The van der Waals surface area contributed by atoms with Crippen LogP contribution in [0.2, 0.25) is 0 Å². The molecule has 10 heteroatoms. The Morgan fingerprint density at radius 3 is 2.04 bits per heavy atom. The van der Waals surface area contributed by atoms with Crippen molar-refractivity contribution < 1.29 is 25.6 Å². The Labute approximate surface area is 145 Å². The number of hydrogen-bond donors (Lipinski definition) is 1. The van der Waals surface area contributed by atoms with Gasteiger partial charge < -0.3 is 0 Å². The molecule has 0 atom stereocenters. The fourth-order valence-electron chi connectivity index (χ4n) is 2.02. The van der Waals surface area contributed by atoms with E-state index in [1.54, 1.807) is 0 Å². The van der Waals surface area contributed by atoms with E-state index in [1.807, 2.05) is 4.72 Å². The number of aryl methyl sites for hydroxylation is 1. The first-order chi connectivity index (χ1) is 11.5. The fourth-order valence-corrected chi connectivity index (χ4v) is 4.21. The van der Waals surface area contributed by atoms with Gasteiger partial charge in [0.15, 0.2) is 4.90 Å². The average Bonchev–Trinajstić information content (AvgIpc) is 2.48. The van der Waals surface area contributed by atoms with E-state index in [-0.39, 0.29) is 10.6 Å². The maximum absolute atomic E-state index is 13.8. The molecule has 6 nitrogen and oxygen atoms in total. The van der Waals surface area contributed by atoms with Gasteiger partial charge in [-0.2, -0.15) is 0 Å². The van der Waals surface area contributed by atoms with Crippen molar-refractivity contribution in [3.63, 3.8) is 0 Å². The minimum atomic E-state index is -4.59. The summed E-state index contributed by atoms with van der Waals surface area (Å²) in [5, 5.41) is 0. The van der Waals surface area contributed by atoms with Crippen LogP contribution in [0.25, 0.3) is 0 Å². The predicted octanol–water partition coefficient (Wildman–Crippen LogP) is 2.32. The van der Waals surface area contributed by atoms with Crippen LogP contribution in [0.4, 0.5) is 14.5 Å². The number of anilines is 1. The van der Waals surface area contributed by atoms with Gasteiger partial charge in [0.25, 0.3) is 10.0 Å². The molecule has 0 unspecified atom stereocenters. The third-order valence-electron chi connectivity index (χ3n) is 3.42. The third kappa shape index (κ3) is 3.80. The van der Waals surface area contributed by atoms with Crippen LogP contribution < -0.4 is 4.72 Å². The summed E-state index contributed by atoms with van der Waals surface area (Å²) in [6.45, 7) is 1.53. The zero-order valence-corrected chi connectivity index (χ0v) is 15.2. The smallest absolute Gasteiger partial charge is 0.267 e. The van der Waals surface area contributed by atoms with Crippen molar-refractivity contribution in [1.82, 2.24) is 4.31 Å². The van der Waals surface area contributed by atoms with Crippen molar-refractivity contribution in [2.45, 2.75) is 16.7 Å². The molecule has 0 spiro atoms. The molecule has 0 saturated heterocycles. The summed E-state index contributed by atoms with van der Waals surface area (Å²) in [6.07, 6.45) is 0. The lowest BCUT2D eigenvalue weighted by Gasteiger charge is -2.15. The van der Waals surface area contributed by atoms with E-state index in [0.29, 0.717) is 5.56 Å². The van der Waals surface area contributed by atoms with Crippen LogP contribution in [0.15, 0.2) is 46.2 Å². The predicted molar refractivity (Wildman–Crippen MR) is 89.2 cm³/mol. The molecule has 0 aromatic heterocycles. The molecule has 0 radical (unpaired) electrons. The standard InChI is InChI=1S/C15H16F2N2O4S2/c1-10-7-8-11(25(22,23)19(2)3)9-14(10)18-24(20,21)15-12(16)5-4-6-13(15)17/h4-9,18H,1-3H3. The first kappa shape index (κ1) is 19.3. The van der Waals surface area contributed by atoms with Gasteiger partial charge in [-0.25, -0.2) is 29.9 Å². The SMILES string of the molecule is Cc1ccc(S(=O)(=O)N(C)C)cc1NS(=O)(=O)c1c(F)cccc1F. The summed E-state index contributed by atoms with van der Waals surface area (Å²) in [5.74, 6) is -2.50. The van der Waals surface area contributed by atoms with Gasteiger partial charge in [0, 0.05) is 14.1 Å². The lowest BCUT2D eigenvalue weighted by atomic mass is 10.2. The van der Waals surface area contributed by atoms with Gasteiger partial charge >= 0.3 is 0 Å². The van der Waals surface area contributed by atoms with E-state index in [1.165, 1.54) is 33.2 Å². The van der Waals surface area contributed by atoms with Gasteiger partial charge in [-0.3, -0.25) is 4.72 Å². The Kier molecular flexibility index (Phi) is 5.17. The number of nitrogens with one attached hydrogen (secondary N) is 1. The summed E-state index contributed by atoms with van der Waals surface area (Å²) in [7, 11) is -5.74. The number of nitrogens with zero attached hydrogens (tertiary/aromatic N) is 1. The van der Waals surface area contributed by atoms with Crippen molar-refractivity contribution >= 4 is 25.7 Å². The van der Waals surface area contributed by atoms with Crippen molar-refractivity contribution in [1.29, 1.82) is 0 Å². The molecule has 0 amide bonds. The number of hydrogen-bond acceptors (Lipinski definition) is 4. The van der Waals surface area contributed by atoms with E-state index in [4.69, 9.17) is 0 Å². The molecule has 25 heavy (non-hydrogen) atoms. The van der Waals surface area contributed by atoms with Gasteiger partial charge in [0.05, 0.1) is 10.6 Å². The molecule has 2 aromatic carbocycles. The second-order valence-electron chi connectivity index (χ2n) is 5.42. The normalized spacial score (nSPS) is 12.4. The molecule has 0 heterocycles. The first-order valence-corrected chi connectivity index (χ1v) is 9.89. The molecule has 2 rings (SSSR count). The van der Waals surface area contributed by atoms with Crippen molar-refractivity contribution in [3.8, 4) is 0 Å². The summed E-state index contributed by atoms with van der Waals surface area (Å²) in [5.41, 5.74) is 0.295. The maximum atomic E-state index is 13.8. The van der Waals surface area contributed by atoms with Crippen molar-refractivity contribution in [2.24, 2.45) is 0 Å². The van der Waals surface area contributed by atoms with Gasteiger partial charge in [-0.05, 0) is 36.8 Å². The molecular formula is C15H16F2N2O4S2. The molecule has 1 N–H and O–H groups in total. The average molecular weight is 390 g/mol. The highest BCUT2D eigenvalue weighted by Crippen LogP contribution is 2.26. The van der Waals surface area contributed by atoms with E-state index in [9.17, 15) is 25.6 Å². The Hall–Kier alpha value is -2.04. The minimum absolute atomic E-state index is 0.0921. The van der Waals surface area contributed by atoms with Gasteiger partial charge in [-0.15, -0.1) is 0 Å².